The van der Waals surface area contributed by atoms with Gasteiger partial charge in [-0.25, -0.2) is 4.79 Å². The number of carboxylic acids is 1. The Bertz CT molecular complexity index is 199. The van der Waals surface area contributed by atoms with Crippen molar-refractivity contribution in [3.63, 3.8) is 0 Å². The summed E-state index contributed by atoms with van der Waals surface area (Å²) in [4.78, 5) is 12.6. The molecule has 1 saturated heterocycles. The van der Waals surface area contributed by atoms with E-state index in [2.05, 4.69) is 11.5 Å². The second-order valence-electron chi connectivity index (χ2n) is 3.11. The first-order valence-electron chi connectivity index (χ1n) is 4.41. The lowest BCUT2D eigenvalue weighted by Crippen LogP contribution is -2.10. The van der Waals surface area contributed by atoms with Crippen LogP contribution in [0.2, 0.25) is 0 Å². The van der Waals surface area contributed by atoms with Crippen LogP contribution in [0, 0.1) is 0 Å². The number of rotatable bonds is 7. The largest absolute Gasteiger partial charge is 0.478 e. The summed E-state index contributed by atoms with van der Waals surface area (Å²) in [5, 5.41) is 8.47. The molecule has 0 radical (unpaired) electrons. The van der Waals surface area contributed by atoms with Crippen molar-refractivity contribution in [1.29, 1.82) is 0 Å². The van der Waals surface area contributed by atoms with E-state index < -0.39 is 5.97 Å². The van der Waals surface area contributed by atoms with E-state index in [0.29, 0.717) is 19.6 Å². The van der Waals surface area contributed by atoms with Crippen molar-refractivity contribution in [2.24, 2.45) is 0 Å². The van der Waals surface area contributed by atoms with Crippen molar-refractivity contribution < 1.29 is 14.6 Å². The molecule has 0 aliphatic carbocycles. The zero-order valence-electron chi connectivity index (χ0n) is 7.66. The summed E-state index contributed by atoms with van der Waals surface area (Å²) >= 11 is 0. The quantitative estimate of drug-likeness (QED) is 0.353. The Morgan fingerprint density at radius 2 is 2.15 bits per heavy atom. The molecule has 1 heterocycles. The Balaban J connectivity index is 1.87. The van der Waals surface area contributed by atoms with E-state index >= 15 is 0 Å². The lowest BCUT2D eigenvalue weighted by atomic mass is 10.2. The number of carboxylic acid groups (broad SMARTS) is 1. The van der Waals surface area contributed by atoms with Crippen molar-refractivity contribution in [3.05, 3.63) is 12.2 Å². The minimum atomic E-state index is -0.936. The maximum Gasteiger partial charge on any atom is 0.331 e. The van der Waals surface area contributed by atoms with Crippen LogP contribution in [0.15, 0.2) is 12.2 Å². The highest BCUT2D eigenvalue weighted by Gasteiger charge is 2.15. The Hall–Kier alpha value is -0.870. The van der Waals surface area contributed by atoms with Gasteiger partial charge in [0.2, 0.25) is 0 Å². The topological polar surface area (TPSA) is 49.5 Å². The SMILES string of the molecule is C=C(CCOCCN1CC1)C(=O)O. The van der Waals surface area contributed by atoms with Gasteiger partial charge >= 0.3 is 5.97 Å². The van der Waals surface area contributed by atoms with Gasteiger partial charge in [0.05, 0.1) is 13.2 Å². The third kappa shape index (κ3) is 4.65. The second-order valence-corrected chi connectivity index (χ2v) is 3.11. The van der Waals surface area contributed by atoms with Crippen LogP contribution < -0.4 is 0 Å². The number of carbonyl (C=O) groups is 1. The maximum absolute atomic E-state index is 10.3. The normalized spacial score (nSPS) is 15.7. The number of nitrogens with zero attached hydrogens (tertiary/aromatic N) is 1. The van der Waals surface area contributed by atoms with Gasteiger partial charge in [0, 0.05) is 31.6 Å². The highest BCUT2D eigenvalue weighted by molar-refractivity contribution is 5.85. The molecule has 0 unspecified atom stereocenters. The molecule has 4 heteroatoms. The van der Waals surface area contributed by atoms with Crippen molar-refractivity contribution in [2.75, 3.05) is 32.8 Å². The summed E-state index contributed by atoms with van der Waals surface area (Å²) in [5.74, 6) is -0.936. The zero-order valence-corrected chi connectivity index (χ0v) is 7.66. The predicted octanol–water partition coefficient (Wildman–Crippen LogP) is 0.349. The van der Waals surface area contributed by atoms with E-state index in [9.17, 15) is 4.79 Å². The Morgan fingerprint density at radius 3 is 2.69 bits per heavy atom. The van der Waals surface area contributed by atoms with Crippen LogP contribution in [0.3, 0.4) is 0 Å². The number of aliphatic carboxylic acids is 1. The van der Waals surface area contributed by atoms with Crippen molar-refractivity contribution in [2.45, 2.75) is 6.42 Å². The van der Waals surface area contributed by atoms with Gasteiger partial charge in [-0.2, -0.15) is 0 Å². The first kappa shape index (κ1) is 10.2. The summed E-state index contributed by atoms with van der Waals surface area (Å²) in [7, 11) is 0. The van der Waals surface area contributed by atoms with Gasteiger partial charge in [-0.3, -0.25) is 4.90 Å². The van der Waals surface area contributed by atoms with E-state index in [1.54, 1.807) is 0 Å². The second kappa shape index (κ2) is 4.99. The molecule has 0 amide bonds. The molecule has 0 aromatic heterocycles. The summed E-state index contributed by atoms with van der Waals surface area (Å²) in [5.41, 5.74) is 0.215. The fourth-order valence-corrected chi connectivity index (χ4v) is 0.892. The molecule has 0 bridgehead atoms. The zero-order chi connectivity index (χ0) is 9.68. The van der Waals surface area contributed by atoms with Crippen LogP contribution in [0.5, 0.6) is 0 Å². The van der Waals surface area contributed by atoms with Crippen molar-refractivity contribution >= 4 is 5.97 Å². The average molecular weight is 185 g/mol. The Morgan fingerprint density at radius 1 is 1.46 bits per heavy atom. The Labute approximate surface area is 77.8 Å². The summed E-state index contributed by atoms with van der Waals surface area (Å²) in [6, 6.07) is 0. The molecule has 0 atom stereocenters. The molecule has 0 saturated carbocycles. The van der Waals surface area contributed by atoms with E-state index in [1.165, 1.54) is 13.1 Å². The molecule has 13 heavy (non-hydrogen) atoms. The van der Waals surface area contributed by atoms with Gasteiger partial charge in [-0.15, -0.1) is 0 Å². The van der Waals surface area contributed by atoms with Gasteiger partial charge in [-0.05, 0) is 0 Å². The van der Waals surface area contributed by atoms with Crippen LogP contribution >= 0.6 is 0 Å². The third-order valence-corrected chi connectivity index (χ3v) is 1.94. The predicted molar refractivity (Wildman–Crippen MR) is 48.7 cm³/mol. The molecule has 4 nitrogen and oxygen atoms in total. The molecule has 1 rings (SSSR count). The van der Waals surface area contributed by atoms with Gasteiger partial charge < -0.3 is 9.84 Å². The van der Waals surface area contributed by atoms with E-state index in [1.807, 2.05) is 0 Å². The molecular weight excluding hydrogens is 170 g/mol. The van der Waals surface area contributed by atoms with Crippen LogP contribution in [-0.4, -0.2) is 48.8 Å². The average Bonchev–Trinajstić information content (AvgIpc) is 2.87. The minimum absolute atomic E-state index is 0.215. The fraction of sp³-hybridized carbons (Fsp3) is 0.667. The molecular formula is C9H15NO3. The van der Waals surface area contributed by atoms with Gasteiger partial charge in [0.15, 0.2) is 0 Å². The molecule has 1 aliphatic heterocycles. The lowest BCUT2D eigenvalue weighted by Gasteiger charge is -2.03. The smallest absolute Gasteiger partial charge is 0.331 e. The van der Waals surface area contributed by atoms with Crippen LogP contribution in [0.25, 0.3) is 0 Å². The molecule has 0 aromatic carbocycles. The molecule has 0 spiro atoms. The number of hydrogen-bond acceptors (Lipinski definition) is 3. The molecule has 74 valence electrons. The highest BCUT2D eigenvalue weighted by Crippen LogP contribution is 2.02. The van der Waals surface area contributed by atoms with Crippen LogP contribution in [0.1, 0.15) is 6.42 Å². The molecule has 1 fully saturated rings. The van der Waals surface area contributed by atoms with Gasteiger partial charge in [0.1, 0.15) is 0 Å². The van der Waals surface area contributed by atoms with Crippen LogP contribution in [-0.2, 0) is 9.53 Å². The lowest BCUT2D eigenvalue weighted by molar-refractivity contribution is -0.132. The van der Waals surface area contributed by atoms with E-state index in [0.717, 1.165) is 6.54 Å². The van der Waals surface area contributed by atoms with Crippen molar-refractivity contribution in [1.82, 2.24) is 4.90 Å². The molecule has 1 aliphatic rings. The first-order valence-corrected chi connectivity index (χ1v) is 4.41. The highest BCUT2D eigenvalue weighted by atomic mass is 16.5. The van der Waals surface area contributed by atoms with Gasteiger partial charge in [-0.1, -0.05) is 6.58 Å². The fourth-order valence-electron chi connectivity index (χ4n) is 0.892. The van der Waals surface area contributed by atoms with Gasteiger partial charge in [0.25, 0.3) is 0 Å². The third-order valence-electron chi connectivity index (χ3n) is 1.94. The Kier molecular flexibility index (Phi) is 3.92. The molecule has 1 N–H and O–H groups in total. The number of ether oxygens (including phenoxy) is 1. The van der Waals surface area contributed by atoms with E-state index in [-0.39, 0.29) is 5.57 Å². The first-order chi connectivity index (χ1) is 6.20. The van der Waals surface area contributed by atoms with Crippen LogP contribution in [0.4, 0.5) is 0 Å². The van der Waals surface area contributed by atoms with Crippen molar-refractivity contribution in [3.8, 4) is 0 Å². The van der Waals surface area contributed by atoms with E-state index in [4.69, 9.17) is 9.84 Å². The summed E-state index contributed by atoms with van der Waals surface area (Å²) in [6.45, 7) is 7.86. The maximum atomic E-state index is 10.3. The monoisotopic (exact) mass is 185 g/mol. The summed E-state index contributed by atoms with van der Waals surface area (Å²) < 4.78 is 5.24. The summed E-state index contributed by atoms with van der Waals surface area (Å²) in [6.07, 6.45) is 0.412. The number of hydrogen-bond donors (Lipinski definition) is 1. The minimum Gasteiger partial charge on any atom is -0.478 e. The standard InChI is InChI=1S/C9H15NO3/c1-8(9(11)12)2-6-13-7-5-10-3-4-10/h1-7H2,(H,11,12). The molecule has 0 aromatic rings.